The zero-order chi connectivity index (χ0) is 15.0. The van der Waals surface area contributed by atoms with E-state index in [0.717, 1.165) is 11.5 Å². The van der Waals surface area contributed by atoms with Crippen LogP contribution >= 0.6 is 0 Å². The number of nitrogens with one attached hydrogen (secondary N) is 1. The van der Waals surface area contributed by atoms with Crippen LogP contribution in [0.25, 0.3) is 10.9 Å². The van der Waals surface area contributed by atoms with Crippen LogP contribution in [0.2, 0.25) is 0 Å². The highest BCUT2D eigenvalue weighted by molar-refractivity contribution is 7.91. The Morgan fingerprint density at radius 1 is 1.00 bits per heavy atom. The number of aromatic amines is 1. The summed E-state index contributed by atoms with van der Waals surface area (Å²) in [6.07, 6.45) is 0. The maximum absolute atomic E-state index is 12.5. The molecule has 0 bridgehead atoms. The van der Waals surface area contributed by atoms with Crippen LogP contribution in [0, 0.1) is 10.1 Å². The third-order valence-electron chi connectivity index (χ3n) is 3.13. The molecule has 1 heterocycles. The van der Waals surface area contributed by atoms with Crippen LogP contribution in [0.15, 0.2) is 64.5 Å². The lowest BCUT2D eigenvalue weighted by Gasteiger charge is -2.01. The number of nitro benzene ring substituents is 1. The number of nitro groups is 1. The van der Waals surface area contributed by atoms with E-state index in [-0.39, 0.29) is 15.6 Å². The Kier molecular flexibility index (Phi) is 2.99. The first-order valence-electron chi connectivity index (χ1n) is 6.06. The number of para-hydroxylation sites is 1. The van der Waals surface area contributed by atoms with E-state index in [1.807, 2.05) is 0 Å². The van der Waals surface area contributed by atoms with Gasteiger partial charge >= 0.3 is 0 Å². The zero-order valence-electron chi connectivity index (χ0n) is 10.7. The Bertz CT molecular complexity index is 911. The zero-order valence-corrected chi connectivity index (χ0v) is 11.5. The molecule has 0 amide bonds. The van der Waals surface area contributed by atoms with Gasteiger partial charge in [-0.3, -0.25) is 10.1 Å². The molecule has 2 aromatic carbocycles. The van der Waals surface area contributed by atoms with Crippen molar-refractivity contribution in [3.63, 3.8) is 0 Å². The first-order chi connectivity index (χ1) is 9.98. The predicted octanol–water partition coefficient (Wildman–Crippen LogP) is 2.91. The molecule has 0 saturated carbocycles. The molecule has 0 aliphatic heterocycles. The molecule has 106 valence electrons. The molecule has 3 aromatic rings. The number of rotatable bonds is 3. The summed E-state index contributed by atoms with van der Waals surface area (Å²) < 4.78 is 25.0. The summed E-state index contributed by atoms with van der Waals surface area (Å²) in [4.78, 5) is 12.9. The minimum atomic E-state index is -3.82. The molecule has 21 heavy (non-hydrogen) atoms. The lowest BCUT2D eigenvalue weighted by Crippen LogP contribution is -2.03. The van der Waals surface area contributed by atoms with Crippen molar-refractivity contribution in [2.24, 2.45) is 0 Å². The number of hydrogen-bond acceptors (Lipinski definition) is 4. The standard InChI is InChI=1S/C14H10N2O4S/c17-16(18)11-5-3-6-12(9-11)21(19,20)14-8-10-4-1-2-7-13(10)15-14/h1-9,15H. The molecule has 0 unspecified atom stereocenters. The van der Waals surface area contributed by atoms with E-state index in [9.17, 15) is 18.5 Å². The van der Waals surface area contributed by atoms with Crippen molar-refractivity contribution in [3.8, 4) is 0 Å². The minimum Gasteiger partial charge on any atom is -0.345 e. The van der Waals surface area contributed by atoms with E-state index >= 15 is 0 Å². The Morgan fingerprint density at radius 2 is 1.76 bits per heavy atom. The molecule has 0 atom stereocenters. The third-order valence-corrected chi connectivity index (χ3v) is 4.81. The summed E-state index contributed by atoms with van der Waals surface area (Å²) in [5.74, 6) is 0. The smallest absolute Gasteiger partial charge is 0.270 e. The highest BCUT2D eigenvalue weighted by Gasteiger charge is 2.22. The number of benzene rings is 2. The number of nitrogens with zero attached hydrogens (tertiary/aromatic N) is 1. The molecule has 0 spiro atoms. The normalized spacial score (nSPS) is 11.6. The van der Waals surface area contributed by atoms with Gasteiger partial charge in [0.15, 0.2) is 0 Å². The minimum absolute atomic E-state index is 0.0178. The topological polar surface area (TPSA) is 93.1 Å². The van der Waals surface area contributed by atoms with Gasteiger partial charge < -0.3 is 4.98 Å². The third kappa shape index (κ3) is 2.27. The fourth-order valence-electron chi connectivity index (χ4n) is 2.08. The van der Waals surface area contributed by atoms with E-state index in [1.165, 1.54) is 24.3 Å². The van der Waals surface area contributed by atoms with E-state index in [0.29, 0.717) is 5.52 Å². The van der Waals surface area contributed by atoms with Crippen LogP contribution in [-0.2, 0) is 9.84 Å². The van der Waals surface area contributed by atoms with Gasteiger partial charge in [0.2, 0.25) is 9.84 Å². The summed E-state index contributed by atoms with van der Waals surface area (Å²) in [5.41, 5.74) is 0.439. The van der Waals surface area contributed by atoms with Gasteiger partial charge in [-0.25, -0.2) is 8.42 Å². The second-order valence-corrected chi connectivity index (χ2v) is 6.40. The Labute approximate surface area is 120 Å². The molecular weight excluding hydrogens is 292 g/mol. The van der Waals surface area contributed by atoms with E-state index in [4.69, 9.17) is 0 Å². The molecule has 7 heteroatoms. The number of sulfone groups is 1. The van der Waals surface area contributed by atoms with Crippen molar-refractivity contribution >= 4 is 26.4 Å². The van der Waals surface area contributed by atoms with Crippen molar-refractivity contribution in [2.45, 2.75) is 9.92 Å². The van der Waals surface area contributed by atoms with Gasteiger partial charge in [0.25, 0.3) is 5.69 Å². The van der Waals surface area contributed by atoms with Crippen LogP contribution in [0.3, 0.4) is 0 Å². The number of fused-ring (bicyclic) bond motifs is 1. The fraction of sp³-hybridized carbons (Fsp3) is 0. The van der Waals surface area contributed by atoms with Crippen molar-refractivity contribution in [1.82, 2.24) is 4.98 Å². The van der Waals surface area contributed by atoms with Crippen molar-refractivity contribution in [2.75, 3.05) is 0 Å². The number of H-pyrrole nitrogens is 1. The van der Waals surface area contributed by atoms with Crippen molar-refractivity contribution in [1.29, 1.82) is 0 Å². The van der Waals surface area contributed by atoms with Crippen LogP contribution in [0.4, 0.5) is 5.69 Å². The Morgan fingerprint density at radius 3 is 2.48 bits per heavy atom. The van der Waals surface area contributed by atoms with Gasteiger partial charge in [0.05, 0.1) is 9.82 Å². The molecule has 0 aliphatic rings. The molecule has 6 nitrogen and oxygen atoms in total. The van der Waals surface area contributed by atoms with Crippen LogP contribution in [-0.4, -0.2) is 18.3 Å². The van der Waals surface area contributed by atoms with Crippen LogP contribution in [0.5, 0.6) is 0 Å². The van der Waals surface area contributed by atoms with Gasteiger partial charge in [-0.05, 0) is 18.2 Å². The monoisotopic (exact) mass is 302 g/mol. The first-order valence-corrected chi connectivity index (χ1v) is 7.54. The SMILES string of the molecule is O=[N+]([O-])c1cccc(S(=O)(=O)c2cc3ccccc3[nH]2)c1. The van der Waals surface area contributed by atoms with Gasteiger partial charge in [-0.15, -0.1) is 0 Å². The first kappa shape index (κ1) is 13.3. The largest absolute Gasteiger partial charge is 0.345 e. The fourth-order valence-corrected chi connectivity index (χ4v) is 3.40. The highest BCUT2D eigenvalue weighted by Crippen LogP contribution is 2.26. The van der Waals surface area contributed by atoms with Gasteiger partial charge in [-0.1, -0.05) is 24.3 Å². The maximum atomic E-state index is 12.5. The molecule has 1 aromatic heterocycles. The number of non-ortho nitro benzene ring substituents is 1. The van der Waals surface area contributed by atoms with Crippen molar-refractivity contribution in [3.05, 3.63) is 64.7 Å². The molecule has 3 rings (SSSR count). The lowest BCUT2D eigenvalue weighted by molar-refractivity contribution is -0.385. The quantitative estimate of drug-likeness (QED) is 0.594. The molecule has 0 radical (unpaired) electrons. The molecule has 0 aliphatic carbocycles. The summed E-state index contributed by atoms with van der Waals surface area (Å²) in [7, 11) is -3.82. The van der Waals surface area contributed by atoms with Gasteiger partial charge in [-0.2, -0.15) is 0 Å². The maximum Gasteiger partial charge on any atom is 0.270 e. The Hall–Kier alpha value is -2.67. The summed E-state index contributed by atoms with van der Waals surface area (Å²) in [5, 5.41) is 11.5. The van der Waals surface area contributed by atoms with E-state index in [2.05, 4.69) is 4.98 Å². The average Bonchev–Trinajstić information content (AvgIpc) is 2.92. The van der Waals surface area contributed by atoms with Crippen LogP contribution in [0.1, 0.15) is 0 Å². The number of hydrogen-bond donors (Lipinski definition) is 1. The lowest BCUT2D eigenvalue weighted by atomic mass is 10.3. The molecular formula is C14H10N2O4S. The summed E-state index contributed by atoms with van der Waals surface area (Å²) in [6.45, 7) is 0. The summed E-state index contributed by atoms with van der Waals surface area (Å²) in [6, 6.07) is 13.7. The van der Waals surface area contributed by atoms with Crippen LogP contribution < -0.4 is 0 Å². The Balaban J connectivity index is 2.15. The molecule has 0 saturated heterocycles. The predicted molar refractivity (Wildman–Crippen MR) is 76.8 cm³/mol. The summed E-state index contributed by atoms with van der Waals surface area (Å²) >= 11 is 0. The molecule has 1 N–H and O–H groups in total. The molecule has 0 fully saturated rings. The van der Waals surface area contributed by atoms with Gasteiger partial charge in [0, 0.05) is 23.0 Å². The van der Waals surface area contributed by atoms with E-state index < -0.39 is 14.8 Å². The van der Waals surface area contributed by atoms with Crippen molar-refractivity contribution < 1.29 is 13.3 Å². The second kappa shape index (κ2) is 4.71. The van der Waals surface area contributed by atoms with Gasteiger partial charge in [0.1, 0.15) is 5.03 Å². The second-order valence-electron chi connectivity index (χ2n) is 4.48. The highest BCUT2D eigenvalue weighted by atomic mass is 32.2. The number of aromatic nitrogens is 1. The average molecular weight is 302 g/mol. The van der Waals surface area contributed by atoms with E-state index in [1.54, 1.807) is 24.3 Å².